The molecule has 2 aliphatic heterocycles. The molecule has 3 rings (SSSR count). The van der Waals surface area contributed by atoms with E-state index in [1.807, 2.05) is 6.92 Å². The van der Waals surface area contributed by atoms with E-state index in [-0.39, 0.29) is 41.9 Å². The average Bonchev–Trinajstić information content (AvgIpc) is 2.67. The first-order valence-corrected chi connectivity index (χ1v) is 10.4. The number of carboxylic acid groups (broad SMARTS) is 1. The van der Waals surface area contributed by atoms with Crippen molar-refractivity contribution in [1.29, 1.82) is 0 Å². The largest absolute Gasteiger partial charge is 0.481 e. The van der Waals surface area contributed by atoms with Gasteiger partial charge in [-0.1, -0.05) is 13.0 Å². The number of piperidine rings is 1. The maximum Gasteiger partial charge on any atom is 0.308 e. The number of nitrogens with zero attached hydrogens (tertiary/aromatic N) is 2. The Morgan fingerprint density at radius 3 is 2.56 bits per heavy atom. The highest BCUT2D eigenvalue weighted by molar-refractivity contribution is 7.89. The van der Waals surface area contributed by atoms with Crippen LogP contribution in [0, 0.1) is 11.8 Å². The molecule has 2 fully saturated rings. The molecule has 1 N–H and O–H groups in total. The number of rotatable bonds is 4. The van der Waals surface area contributed by atoms with E-state index < -0.39 is 21.9 Å². The number of hydrogen-bond donors (Lipinski definition) is 1. The van der Waals surface area contributed by atoms with Crippen molar-refractivity contribution in [1.82, 2.24) is 9.21 Å². The summed E-state index contributed by atoms with van der Waals surface area (Å²) in [6.45, 7) is 3.77. The van der Waals surface area contributed by atoms with Gasteiger partial charge in [0.15, 0.2) is 0 Å². The standard InChI is InChI=1S/C18H24N2O6S/c1-13-9-15(18(22)23)12-19(11-13)17(21)14-3-2-4-16(10-14)27(24,25)20-5-7-26-8-6-20/h2-4,10,13,15H,5-9,11-12H2,1H3,(H,22,23). The highest BCUT2D eigenvalue weighted by Crippen LogP contribution is 2.24. The van der Waals surface area contributed by atoms with E-state index in [0.717, 1.165) is 0 Å². The van der Waals surface area contributed by atoms with Crippen molar-refractivity contribution in [2.75, 3.05) is 39.4 Å². The van der Waals surface area contributed by atoms with Crippen LogP contribution >= 0.6 is 0 Å². The quantitative estimate of drug-likeness (QED) is 0.811. The molecule has 148 valence electrons. The fourth-order valence-corrected chi connectivity index (χ4v) is 5.06. The highest BCUT2D eigenvalue weighted by Gasteiger charge is 2.33. The summed E-state index contributed by atoms with van der Waals surface area (Å²) in [6.07, 6.45) is 0.532. The zero-order valence-electron chi connectivity index (χ0n) is 15.2. The highest BCUT2D eigenvalue weighted by atomic mass is 32.2. The van der Waals surface area contributed by atoms with Gasteiger partial charge in [-0.2, -0.15) is 4.31 Å². The van der Waals surface area contributed by atoms with E-state index in [9.17, 15) is 23.1 Å². The van der Waals surface area contributed by atoms with Crippen molar-refractivity contribution < 1.29 is 27.9 Å². The third-order valence-electron chi connectivity index (χ3n) is 4.98. The van der Waals surface area contributed by atoms with E-state index >= 15 is 0 Å². The van der Waals surface area contributed by atoms with Gasteiger partial charge < -0.3 is 14.7 Å². The molecule has 0 saturated carbocycles. The number of morpholine rings is 1. The van der Waals surface area contributed by atoms with Gasteiger partial charge in [0.05, 0.1) is 24.0 Å². The maximum absolute atomic E-state index is 12.9. The maximum atomic E-state index is 12.9. The fraction of sp³-hybridized carbons (Fsp3) is 0.556. The molecular formula is C18H24N2O6S. The van der Waals surface area contributed by atoms with Crippen LogP contribution in [-0.4, -0.2) is 74.0 Å². The molecule has 2 unspecified atom stereocenters. The Balaban J connectivity index is 1.82. The number of sulfonamides is 1. The SMILES string of the molecule is CC1CC(C(=O)O)CN(C(=O)c2cccc(S(=O)(=O)N3CCOCC3)c2)C1. The number of ether oxygens (including phenoxy) is 1. The van der Waals surface area contributed by atoms with E-state index in [0.29, 0.717) is 26.2 Å². The smallest absolute Gasteiger partial charge is 0.308 e. The molecule has 0 spiro atoms. The number of carbonyl (C=O) groups excluding carboxylic acids is 1. The van der Waals surface area contributed by atoms with Crippen molar-refractivity contribution in [2.24, 2.45) is 11.8 Å². The van der Waals surface area contributed by atoms with Crippen LogP contribution in [0.15, 0.2) is 29.2 Å². The molecule has 2 saturated heterocycles. The molecule has 0 radical (unpaired) electrons. The summed E-state index contributed by atoms with van der Waals surface area (Å²) < 4.78 is 32.1. The van der Waals surface area contributed by atoms with Gasteiger partial charge in [-0.15, -0.1) is 0 Å². The van der Waals surface area contributed by atoms with E-state index in [2.05, 4.69) is 0 Å². The predicted octanol–water partition coefficient (Wildman–Crippen LogP) is 0.890. The number of likely N-dealkylation sites (tertiary alicyclic amines) is 1. The first-order chi connectivity index (χ1) is 12.8. The molecule has 9 heteroatoms. The van der Waals surface area contributed by atoms with Crippen LogP contribution in [0.4, 0.5) is 0 Å². The molecule has 8 nitrogen and oxygen atoms in total. The minimum absolute atomic E-state index is 0.0649. The van der Waals surface area contributed by atoms with E-state index in [1.165, 1.54) is 21.3 Å². The van der Waals surface area contributed by atoms with Gasteiger partial charge in [-0.25, -0.2) is 8.42 Å². The molecule has 1 aromatic rings. The van der Waals surface area contributed by atoms with Gasteiger partial charge in [0.1, 0.15) is 0 Å². The first kappa shape index (κ1) is 19.8. The second-order valence-electron chi connectivity index (χ2n) is 7.13. The fourth-order valence-electron chi connectivity index (χ4n) is 3.60. The topological polar surface area (TPSA) is 104 Å². The number of hydrogen-bond acceptors (Lipinski definition) is 5. The summed E-state index contributed by atoms with van der Waals surface area (Å²) in [5, 5.41) is 9.29. The Morgan fingerprint density at radius 2 is 1.89 bits per heavy atom. The summed E-state index contributed by atoms with van der Waals surface area (Å²) in [6, 6.07) is 5.96. The average molecular weight is 396 g/mol. The number of carboxylic acids is 1. The molecule has 2 aliphatic rings. The summed E-state index contributed by atoms with van der Waals surface area (Å²) in [5.74, 6) is -1.78. The molecule has 0 aliphatic carbocycles. The van der Waals surface area contributed by atoms with Crippen molar-refractivity contribution in [3.63, 3.8) is 0 Å². The Morgan fingerprint density at radius 1 is 1.19 bits per heavy atom. The van der Waals surface area contributed by atoms with Crippen LogP contribution < -0.4 is 0 Å². The van der Waals surface area contributed by atoms with Crippen LogP contribution in [0.1, 0.15) is 23.7 Å². The third-order valence-corrected chi connectivity index (χ3v) is 6.88. The Bertz CT molecular complexity index is 819. The van der Waals surface area contributed by atoms with Crippen LogP contribution in [0.2, 0.25) is 0 Å². The molecule has 0 aromatic heterocycles. The minimum atomic E-state index is -3.70. The van der Waals surface area contributed by atoms with E-state index in [4.69, 9.17) is 4.74 Å². The van der Waals surface area contributed by atoms with Gasteiger partial charge in [-0.05, 0) is 30.5 Å². The Hall–Kier alpha value is -1.97. The van der Waals surface area contributed by atoms with Crippen molar-refractivity contribution in [2.45, 2.75) is 18.2 Å². The molecule has 2 atom stereocenters. The number of amides is 1. The van der Waals surface area contributed by atoms with Crippen LogP contribution in [0.5, 0.6) is 0 Å². The summed E-state index contributed by atoms with van der Waals surface area (Å²) in [7, 11) is -3.70. The van der Waals surface area contributed by atoms with Gasteiger partial charge in [0, 0.05) is 31.7 Å². The predicted molar refractivity (Wildman–Crippen MR) is 96.8 cm³/mol. The molecule has 0 bridgehead atoms. The summed E-state index contributed by atoms with van der Waals surface area (Å²) in [5.41, 5.74) is 0.252. The van der Waals surface area contributed by atoms with Gasteiger partial charge >= 0.3 is 5.97 Å². The van der Waals surface area contributed by atoms with Gasteiger partial charge in [0.2, 0.25) is 10.0 Å². The lowest BCUT2D eigenvalue weighted by molar-refractivity contribution is -0.143. The lowest BCUT2D eigenvalue weighted by Crippen LogP contribution is -2.45. The van der Waals surface area contributed by atoms with Gasteiger partial charge in [0.25, 0.3) is 5.91 Å². The normalized spacial score (nSPS) is 24.6. The minimum Gasteiger partial charge on any atom is -0.481 e. The van der Waals surface area contributed by atoms with Crippen molar-refractivity contribution >= 4 is 21.9 Å². The van der Waals surface area contributed by atoms with Crippen molar-refractivity contribution in [3.8, 4) is 0 Å². The number of benzene rings is 1. The number of carbonyl (C=O) groups is 2. The molecule has 1 amide bonds. The molecule has 27 heavy (non-hydrogen) atoms. The second kappa shape index (κ2) is 7.95. The van der Waals surface area contributed by atoms with E-state index in [1.54, 1.807) is 12.1 Å². The lowest BCUT2D eigenvalue weighted by Gasteiger charge is -2.34. The van der Waals surface area contributed by atoms with Crippen LogP contribution in [-0.2, 0) is 19.6 Å². The summed E-state index contributed by atoms with van der Waals surface area (Å²) in [4.78, 5) is 25.8. The van der Waals surface area contributed by atoms with Crippen LogP contribution in [0.3, 0.4) is 0 Å². The molecule has 2 heterocycles. The van der Waals surface area contributed by atoms with Gasteiger partial charge in [-0.3, -0.25) is 9.59 Å². The molecular weight excluding hydrogens is 372 g/mol. The monoisotopic (exact) mass is 396 g/mol. The first-order valence-electron chi connectivity index (χ1n) is 8.99. The Labute approximate surface area is 158 Å². The third kappa shape index (κ3) is 4.31. The van der Waals surface area contributed by atoms with Crippen LogP contribution in [0.25, 0.3) is 0 Å². The second-order valence-corrected chi connectivity index (χ2v) is 9.07. The zero-order chi connectivity index (χ0) is 19.6. The number of aliphatic carboxylic acids is 1. The lowest BCUT2D eigenvalue weighted by atomic mass is 9.90. The molecule has 1 aromatic carbocycles. The summed E-state index contributed by atoms with van der Waals surface area (Å²) >= 11 is 0. The zero-order valence-corrected chi connectivity index (χ0v) is 16.0. The van der Waals surface area contributed by atoms with Crippen molar-refractivity contribution in [3.05, 3.63) is 29.8 Å². The Kier molecular flexibility index (Phi) is 5.83.